The number of benzene rings is 2. The van der Waals surface area contributed by atoms with Crippen molar-refractivity contribution in [2.75, 3.05) is 32.7 Å². The monoisotopic (exact) mass is 527 g/mol. The highest BCUT2D eigenvalue weighted by Crippen LogP contribution is 2.34. The first-order valence-electron chi connectivity index (χ1n) is 12.0. The molecule has 9 heteroatoms. The van der Waals surface area contributed by atoms with Crippen molar-refractivity contribution in [2.45, 2.75) is 12.5 Å². The van der Waals surface area contributed by atoms with Crippen molar-refractivity contribution in [3.05, 3.63) is 88.0 Å². The van der Waals surface area contributed by atoms with E-state index in [1.807, 2.05) is 41.8 Å². The number of halogens is 2. The molecule has 5 rings (SSSR count). The van der Waals surface area contributed by atoms with Gasteiger partial charge in [0.2, 0.25) is 0 Å². The van der Waals surface area contributed by atoms with Gasteiger partial charge in [-0.3, -0.25) is 4.79 Å². The number of amides is 2. The number of fused-ring (bicyclic) bond motifs is 1. The third kappa shape index (κ3) is 5.56. The van der Waals surface area contributed by atoms with Crippen LogP contribution in [0.3, 0.4) is 0 Å². The summed E-state index contributed by atoms with van der Waals surface area (Å²) in [6, 6.07) is 17.6. The standard InChI is InChI=1S/C27H27ClFN3O3S/c28-21-8-4-9-22(29)25(21)26(33)32-16-19-14-31(15-20(19)17-32)12-11-23(18-6-2-1-3-7-18)30-27(34)35-24-10-5-13-36-24/h1-10,13,19-20,23H,11-12,14-17H2,(H,30,34)/t19-,20?,23?/m0/s1. The highest BCUT2D eigenvalue weighted by Gasteiger charge is 2.42. The van der Waals surface area contributed by atoms with Crippen molar-refractivity contribution >= 4 is 34.9 Å². The maximum Gasteiger partial charge on any atom is 0.413 e. The number of nitrogens with one attached hydrogen (secondary N) is 1. The fourth-order valence-electron chi connectivity index (χ4n) is 5.20. The second-order valence-corrected chi connectivity index (χ2v) is 10.6. The largest absolute Gasteiger partial charge is 0.413 e. The smallest absolute Gasteiger partial charge is 0.399 e. The van der Waals surface area contributed by atoms with Crippen molar-refractivity contribution in [1.29, 1.82) is 0 Å². The van der Waals surface area contributed by atoms with E-state index in [0.717, 1.165) is 31.6 Å². The van der Waals surface area contributed by atoms with Crippen LogP contribution < -0.4 is 10.1 Å². The predicted octanol–water partition coefficient (Wildman–Crippen LogP) is 5.46. The summed E-state index contributed by atoms with van der Waals surface area (Å²) < 4.78 is 19.6. The number of hydrogen-bond acceptors (Lipinski definition) is 5. The van der Waals surface area contributed by atoms with E-state index in [9.17, 15) is 14.0 Å². The van der Waals surface area contributed by atoms with Gasteiger partial charge in [-0.05, 0) is 53.5 Å². The first kappa shape index (κ1) is 24.7. The number of thiophene rings is 1. The topological polar surface area (TPSA) is 61.9 Å². The zero-order valence-corrected chi connectivity index (χ0v) is 21.2. The van der Waals surface area contributed by atoms with Crippen molar-refractivity contribution in [3.8, 4) is 5.06 Å². The third-order valence-electron chi connectivity index (χ3n) is 6.94. The molecule has 3 atom stereocenters. The predicted molar refractivity (Wildman–Crippen MR) is 138 cm³/mol. The van der Waals surface area contributed by atoms with Crippen LogP contribution in [-0.2, 0) is 0 Å². The molecule has 0 spiro atoms. The molecule has 0 bridgehead atoms. The van der Waals surface area contributed by atoms with E-state index >= 15 is 0 Å². The lowest BCUT2D eigenvalue weighted by Gasteiger charge is -2.25. The second-order valence-electron chi connectivity index (χ2n) is 9.30. The summed E-state index contributed by atoms with van der Waals surface area (Å²) in [7, 11) is 0. The first-order valence-corrected chi connectivity index (χ1v) is 13.3. The molecule has 0 saturated carbocycles. The van der Waals surface area contributed by atoms with E-state index in [0.29, 0.717) is 30.0 Å². The van der Waals surface area contributed by atoms with E-state index < -0.39 is 11.9 Å². The average molecular weight is 528 g/mol. The summed E-state index contributed by atoms with van der Waals surface area (Å²) in [5.74, 6) is -0.238. The van der Waals surface area contributed by atoms with Crippen molar-refractivity contribution in [1.82, 2.24) is 15.1 Å². The van der Waals surface area contributed by atoms with Gasteiger partial charge in [-0.15, -0.1) is 11.3 Å². The lowest BCUT2D eigenvalue weighted by atomic mass is 10.0. The van der Waals surface area contributed by atoms with Gasteiger partial charge < -0.3 is 19.9 Å². The van der Waals surface area contributed by atoms with E-state index in [4.69, 9.17) is 16.3 Å². The summed E-state index contributed by atoms with van der Waals surface area (Å²) in [5, 5.41) is 5.58. The van der Waals surface area contributed by atoms with Crippen LogP contribution in [0.2, 0.25) is 5.02 Å². The highest BCUT2D eigenvalue weighted by molar-refractivity contribution is 7.11. The lowest BCUT2D eigenvalue weighted by molar-refractivity contribution is 0.0769. The summed E-state index contributed by atoms with van der Waals surface area (Å²) in [6.45, 7) is 3.72. The van der Waals surface area contributed by atoms with Crippen molar-refractivity contribution in [3.63, 3.8) is 0 Å². The maximum absolute atomic E-state index is 14.2. The first-order chi connectivity index (χ1) is 17.5. The number of ether oxygens (including phenoxy) is 1. The summed E-state index contributed by atoms with van der Waals surface area (Å²) in [4.78, 5) is 29.5. The Morgan fingerprint density at radius 3 is 2.44 bits per heavy atom. The molecule has 2 fully saturated rings. The van der Waals surface area contributed by atoms with Crippen molar-refractivity contribution in [2.24, 2.45) is 11.8 Å². The molecule has 0 aliphatic carbocycles. The minimum Gasteiger partial charge on any atom is -0.399 e. The second kappa shape index (κ2) is 11.0. The molecule has 188 valence electrons. The SMILES string of the molecule is O=C(NC(CCN1CC2CN(C(=O)c3c(F)cccc3Cl)C[C@@H]2C1)c1ccccc1)Oc1cccs1. The number of rotatable bonds is 7. The molecular weight excluding hydrogens is 501 g/mol. The lowest BCUT2D eigenvalue weighted by Crippen LogP contribution is -2.36. The Bertz CT molecular complexity index is 1180. The molecule has 2 unspecified atom stereocenters. The molecule has 2 aliphatic heterocycles. The molecule has 3 aromatic rings. The third-order valence-corrected chi connectivity index (χ3v) is 8.00. The molecular formula is C27H27ClFN3O3S. The summed E-state index contributed by atoms with van der Waals surface area (Å²) in [5.41, 5.74) is 0.987. The molecule has 6 nitrogen and oxygen atoms in total. The normalized spacial score (nSPS) is 20.2. The van der Waals surface area contributed by atoms with Gasteiger partial charge in [0, 0.05) is 32.7 Å². The van der Waals surface area contributed by atoms with Crippen LogP contribution in [0.15, 0.2) is 66.0 Å². The Morgan fingerprint density at radius 1 is 1.03 bits per heavy atom. The Kier molecular flexibility index (Phi) is 7.55. The van der Waals surface area contributed by atoms with Gasteiger partial charge in [0.25, 0.3) is 5.91 Å². The average Bonchev–Trinajstić information content (AvgIpc) is 3.59. The molecule has 3 heterocycles. The number of nitrogens with zero attached hydrogens (tertiary/aromatic N) is 2. The fourth-order valence-corrected chi connectivity index (χ4v) is 6.02. The van der Waals surface area contributed by atoms with E-state index in [1.54, 1.807) is 17.0 Å². The minimum atomic E-state index is -0.580. The molecule has 1 aromatic heterocycles. The van der Waals surface area contributed by atoms with Crippen LogP contribution in [0.1, 0.15) is 28.4 Å². The Balaban J connectivity index is 1.16. The quantitative estimate of drug-likeness (QED) is 0.443. The van der Waals surface area contributed by atoms with Crippen molar-refractivity contribution < 1.29 is 18.7 Å². The molecule has 2 amide bonds. The van der Waals surface area contributed by atoms with E-state index in [-0.39, 0.29) is 22.5 Å². The Labute approximate surface area is 218 Å². The Morgan fingerprint density at radius 2 is 1.78 bits per heavy atom. The van der Waals surface area contributed by atoms with Crippen LogP contribution in [0.5, 0.6) is 5.06 Å². The molecule has 2 aliphatic rings. The minimum absolute atomic E-state index is 0.0396. The van der Waals surface area contributed by atoms with Crippen LogP contribution in [0.4, 0.5) is 9.18 Å². The summed E-state index contributed by atoms with van der Waals surface area (Å²) in [6.07, 6.45) is 0.266. The zero-order valence-electron chi connectivity index (χ0n) is 19.6. The van der Waals surface area contributed by atoms with E-state index in [1.165, 1.54) is 23.5 Å². The fraction of sp³-hybridized carbons (Fsp3) is 0.333. The van der Waals surface area contributed by atoms with Gasteiger partial charge in [0.05, 0.1) is 16.6 Å². The molecule has 36 heavy (non-hydrogen) atoms. The number of hydrogen-bond donors (Lipinski definition) is 1. The molecule has 2 aromatic carbocycles. The molecule has 1 N–H and O–H groups in total. The zero-order chi connectivity index (χ0) is 25.1. The Hall–Kier alpha value is -2.94. The maximum atomic E-state index is 14.2. The van der Waals surface area contributed by atoms with Crippen LogP contribution in [0, 0.1) is 17.7 Å². The van der Waals surface area contributed by atoms with Crippen LogP contribution >= 0.6 is 22.9 Å². The summed E-state index contributed by atoms with van der Waals surface area (Å²) >= 11 is 7.48. The van der Waals surface area contributed by atoms with Crippen LogP contribution in [-0.4, -0.2) is 54.5 Å². The highest BCUT2D eigenvalue weighted by atomic mass is 35.5. The number of carbonyl (C=O) groups excluding carboxylic acids is 2. The molecule has 2 saturated heterocycles. The number of carbonyl (C=O) groups is 2. The van der Waals surface area contributed by atoms with Gasteiger partial charge in [-0.25, -0.2) is 9.18 Å². The van der Waals surface area contributed by atoms with E-state index in [2.05, 4.69) is 10.2 Å². The van der Waals surface area contributed by atoms with Crippen LogP contribution in [0.25, 0.3) is 0 Å². The van der Waals surface area contributed by atoms with Gasteiger partial charge >= 0.3 is 6.09 Å². The van der Waals surface area contributed by atoms with Gasteiger partial charge in [-0.2, -0.15) is 0 Å². The van der Waals surface area contributed by atoms with Gasteiger partial charge in [0.15, 0.2) is 5.06 Å². The van der Waals surface area contributed by atoms with Gasteiger partial charge in [-0.1, -0.05) is 48.0 Å². The molecule has 0 radical (unpaired) electrons. The number of likely N-dealkylation sites (tertiary alicyclic amines) is 2. The van der Waals surface area contributed by atoms with Gasteiger partial charge in [0.1, 0.15) is 5.82 Å².